The quantitative estimate of drug-likeness (QED) is 0.609. The summed E-state index contributed by atoms with van der Waals surface area (Å²) in [5, 5.41) is 2.66. The maximum atomic E-state index is 11.7. The highest BCUT2D eigenvalue weighted by atomic mass is 32.2. The Morgan fingerprint density at radius 1 is 1.22 bits per heavy atom. The number of rotatable bonds is 10. The molecule has 0 atom stereocenters. The van der Waals surface area contributed by atoms with Crippen molar-refractivity contribution in [1.29, 1.82) is 0 Å². The van der Waals surface area contributed by atoms with E-state index < -0.39 is 10.0 Å². The SMILES string of the molecule is CCOc1ccc(CCC(=O)NCCNS(C)(=O)=O)cc1OC. The number of aryl methyl sites for hydroxylation is 1. The molecule has 1 rings (SSSR count). The molecule has 0 saturated heterocycles. The molecule has 0 bridgehead atoms. The first-order valence-corrected chi connectivity index (χ1v) is 9.26. The van der Waals surface area contributed by atoms with E-state index >= 15 is 0 Å². The molecule has 8 heteroatoms. The molecule has 1 aromatic rings. The number of methoxy groups -OCH3 is 1. The normalized spacial score (nSPS) is 11.1. The number of hydrogen-bond donors (Lipinski definition) is 2. The van der Waals surface area contributed by atoms with E-state index in [1.54, 1.807) is 7.11 Å². The highest BCUT2D eigenvalue weighted by Crippen LogP contribution is 2.28. The number of benzene rings is 1. The lowest BCUT2D eigenvalue weighted by molar-refractivity contribution is -0.121. The van der Waals surface area contributed by atoms with Crippen molar-refractivity contribution in [3.63, 3.8) is 0 Å². The standard InChI is InChI=1S/C15H24N2O5S/c1-4-22-13-7-5-12(11-14(13)21-2)6-8-15(18)16-9-10-17-23(3,19)20/h5,7,11,17H,4,6,8-10H2,1-3H3,(H,16,18). The third kappa shape index (κ3) is 7.85. The number of sulfonamides is 1. The zero-order valence-corrected chi connectivity index (χ0v) is 14.5. The van der Waals surface area contributed by atoms with Crippen molar-refractivity contribution in [3.8, 4) is 11.5 Å². The van der Waals surface area contributed by atoms with Crippen LogP contribution in [0, 0.1) is 0 Å². The lowest BCUT2D eigenvalue weighted by Crippen LogP contribution is -2.34. The molecule has 0 aromatic heterocycles. The summed E-state index contributed by atoms with van der Waals surface area (Å²) in [6, 6.07) is 5.57. The average molecular weight is 344 g/mol. The summed E-state index contributed by atoms with van der Waals surface area (Å²) in [6.07, 6.45) is 1.96. The van der Waals surface area contributed by atoms with E-state index in [2.05, 4.69) is 10.0 Å². The summed E-state index contributed by atoms with van der Waals surface area (Å²) >= 11 is 0. The van der Waals surface area contributed by atoms with Gasteiger partial charge in [-0.25, -0.2) is 13.1 Å². The Hall–Kier alpha value is -1.80. The van der Waals surface area contributed by atoms with Gasteiger partial charge in [-0.3, -0.25) is 4.79 Å². The number of nitrogens with one attached hydrogen (secondary N) is 2. The van der Waals surface area contributed by atoms with Gasteiger partial charge in [0.15, 0.2) is 11.5 Å². The van der Waals surface area contributed by atoms with Crippen molar-refractivity contribution in [2.45, 2.75) is 19.8 Å². The molecule has 0 fully saturated rings. The second-order valence-electron chi connectivity index (χ2n) is 4.93. The Morgan fingerprint density at radius 3 is 2.57 bits per heavy atom. The minimum Gasteiger partial charge on any atom is -0.493 e. The molecule has 1 amide bonds. The molecule has 0 saturated carbocycles. The van der Waals surface area contributed by atoms with Gasteiger partial charge in [0.25, 0.3) is 0 Å². The summed E-state index contributed by atoms with van der Waals surface area (Å²) in [7, 11) is -1.65. The van der Waals surface area contributed by atoms with Gasteiger partial charge >= 0.3 is 0 Å². The fourth-order valence-corrected chi connectivity index (χ4v) is 2.40. The fourth-order valence-electron chi connectivity index (χ4n) is 1.93. The van der Waals surface area contributed by atoms with Crippen molar-refractivity contribution in [1.82, 2.24) is 10.0 Å². The van der Waals surface area contributed by atoms with Gasteiger partial charge in [-0.15, -0.1) is 0 Å². The van der Waals surface area contributed by atoms with Crippen molar-refractivity contribution < 1.29 is 22.7 Å². The molecule has 0 heterocycles. The maximum absolute atomic E-state index is 11.7. The number of carbonyl (C=O) groups is 1. The van der Waals surface area contributed by atoms with E-state index in [0.29, 0.717) is 30.9 Å². The summed E-state index contributed by atoms with van der Waals surface area (Å²) in [6.45, 7) is 2.90. The molecule has 0 unspecified atom stereocenters. The first-order valence-electron chi connectivity index (χ1n) is 7.36. The third-order valence-corrected chi connectivity index (χ3v) is 3.71. The monoisotopic (exact) mass is 344 g/mol. The molecule has 0 aliphatic rings. The van der Waals surface area contributed by atoms with Gasteiger partial charge in [0, 0.05) is 19.5 Å². The summed E-state index contributed by atoms with van der Waals surface area (Å²) in [5.41, 5.74) is 0.967. The van der Waals surface area contributed by atoms with E-state index in [0.717, 1.165) is 11.8 Å². The Bertz CT molecular complexity index is 616. The molecular formula is C15H24N2O5S. The Morgan fingerprint density at radius 2 is 1.96 bits per heavy atom. The molecule has 23 heavy (non-hydrogen) atoms. The van der Waals surface area contributed by atoms with Crippen LogP contribution in [-0.4, -0.2) is 47.4 Å². The Labute approximate surface area is 137 Å². The van der Waals surface area contributed by atoms with Crippen LogP contribution >= 0.6 is 0 Å². The maximum Gasteiger partial charge on any atom is 0.220 e. The van der Waals surface area contributed by atoms with Gasteiger partial charge in [0.05, 0.1) is 20.0 Å². The molecule has 2 N–H and O–H groups in total. The smallest absolute Gasteiger partial charge is 0.220 e. The summed E-state index contributed by atoms with van der Waals surface area (Å²) in [4.78, 5) is 11.7. The number of amides is 1. The topological polar surface area (TPSA) is 93.7 Å². The average Bonchev–Trinajstić information content (AvgIpc) is 2.50. The molecular weight excluding hydrogens is 320 g/mol. The molecule has 0 aliphatic heterocycles. The van der Waals surface area contributed by atoms with Gasteiger partial charge in [0.2, 0.25) is 15.9 Å². The van der Waals surface area contributed by atoms with E-state index in [1.165, 1.54) is 0 Å². The van der Waals surface area contributed by atoms with Gasteiger partial charge in [-0.05, 0) is 31.0 Å². The van der Waals surface area contributed by atoms with Crippen LogP contribution in [0.1, 0.15) is 18.9 Å². The van der Waals surface area contributed by atoms with Crippen molar-refractivity contribution in [3.05, 3.63) is 23.8 Å². The molecule has 7 nitrogen and oxygen atoms in total. The van der Waals surface area contributed by atoms with E-state index in [4.69, 9.17) is 9.47 Å². The van der Waals surface area contributed by atoms with Crippen LogP contribution in [-0.2, 0) is 21.2 Å². The first kappa shape index (κ1) is 19.2. The van der Waals surface area contributed by atoms with E-state index in [9.17, 15) is 13.2 Å². The van der Waals surface area contributed by atoms with Crippen LogP contribution in [0.3, 0.4) is 0 Å². The van der Waals surface area contributed by atoms with Crippen molar-refractivity contribution >= 4 is 15.9 Å². The van der Waals surface area contributed by atoms with Gasteiger partial charge < -0.3 is 14.8 Å². The lowest BCUT2D eigenvalue weighted by atomic mass is 10.1. The zero-order chi connectivity index (χ0) is 17.3. The minimum atomic E-state index is -3.22. The van der Waals surface area contributed by atoms with Gasteiger partial charge in [-0.2, -0.15) is 0 Å². The van der Waals surface area contributed by atoms with E-state index in [1.807, 2.05) is 25.1 Å². The largest absolute Gasteiger partial charge is 0.493 e. The number of hydrogen-bond acceptors (Lipinski definition) is 5. The van der Waals surface area contributed by atoms with Crippen molar-refractivity contribution in [2.24, 2.45) is 0 Å². The lowest BCUT2D eigenvalue weighted by Gasteiger charge is -2.11. The number of ether oxygens (including phenoxy) is 2. The fraction of sp³-hybridized carbons (Fsp3) is 0.533. The second kappa shape index (κ2) is 9.36. The zero-order valence-electron chi connectivity index (χ0n) is 13.7. The third-order valence-electron chi connectivity index (χ3n) is 2.98. The number of carbonyl (C=O) groups excluding carboxylic acids is 1. The van der Waals surface area contributed by atoms with Crippen LogP contribution in [0.4, 0.5) is 0 Å². The second-order valence-corrected chi connectivity index (χ2v) is 6.77. The van der Waals surface area contributed by atoms with Crippen LogP contribution < -0.4 is 19.5 Å². The Kier molecular flexibility index (Phi) is 7.84. The summed E-state index contributed by atoms with van der Waals surface area (Å²) < 4.78 is 34.8. The van der Waals surface area contributed by atoms with Gasteiger partial charge in [-0.1, -0.05) is 6.07 Å². The van der Waals surface area contributed by atoms with Gasteiger partial charge in [0.1, 0.15) is 0 Å². The van der Waals surface area contributed by atoms with Crippen molar-refractivity contribution in [2.75, 3.05) is 33.1 Å². The van der Waals surface area contributed by atoms with Crippen LogP contribution in [0.2, 0.25) is 0 Å². The first-order chi connectivity index (χ1) is 10.9. The molecule has 0 radical (unpaired) electrons. The molecule has 130 valence electrons. The van der Waals surface area contributed by atoms with Crippen LogP contribution in [0.15, 0.2) is 18.2 Å². The molecule has 1 aromatic carbocycles. The highest BCUT2D eigenvalue weighted by Gasteiger charge is 2.07. The predicted molar refractivity (Wildman–Crippen MR) is 88.3 cm³/mol. The highest BCUT2D eigenvalue weighted by molar-refractivity contribution is 7.88. The molecule has 0 aliphatic carbocycles. The van der Waals surface area contributed by atoms with E-state index in [-0.39, 0.29) is 19.0 Å². The predicted octanol–water partition coefficient (Wildman–Crippen LogP) is 0.692. The molecule has 0 spiro atoms. The van der Waals surface area contributed by atoms with Crippen LogP contribution in [0.5, 0.6) is 11.5 Å². The van der Waals surface area contributed by atoms with Crippen LogP contribution in [0.25, 0.3) is 0 Å². The minimum absolute atomic E-state index is 0.131. The summed E-state index contributed by atoms with van der Waals surface area (Å²) in [5.74, 6) is 1.19. The Balaban J connectivity index is 2.41.